The molecular formula is C18H20N2O3. The van der Waals surface area contributed by atoms with Gasteiger partial charge in [0.25, 0.3) is 5.91 Å². The number of carbonyl (C=O) groups excluding carboxylic acids is 1. The van der Waals surface area contributed by atoms with Gasteiger partial charge in [0.15, 0.2) is 0 Å². The van der Waals surface area contributed by atoms with Crippen LogP contribution in [0.5, 0.6) is 5.75 Å². The molecule has 120 valence electrons. The molecule has 2 aromatic rings. The molecule has 1 aromatic heterocycles. The summed E-state index contributed by atoms with van der Waals surface area (Å²) in [6.45, 7) is 1.28. The van der Waals surface area contributed by atoms with Gasteiger partial charge in [-0.15, -0.1) is 0 Å². The van der Waals surface area contributed by atoms with Crippen LogP contribution in [0, 0.1) is 0 Å². The fourth-order valence-corrected chi connectivity index (χ4v) is 3.67. The zero-order valence-corrected chi connectivity index (χ0v) is 13.2. The van der Waals surface area contributed by atoms with Gasteiger partial charge >= 0.3 is 0 Å². The number of hydrogen-bond acceptors (Lipinski definition) is 4. The van der Waals surface area contributed by atoms with E-state index < -0.39 is 0 Å². The van der Waals surface area contributed by atoms with Crippen molar-refractivity contribution in [3.05, 3.63) is 36.0 Å². The van der Waals surface area contributed by atoms with Crippen LogP contribution < -0.4 is 4.74 Å². The Hall–Kier alpha value is -2.14. The lowest BCUT2D eigenvalue weighted by atomic mass is 10.1. The van der Waals surface area contributed by atoms with Crippen LogP contribution in [0.25, 0.3) is 10.9 Å². The second-order valence-electron chi connectivity index (χ2n) is 6.16. The van der Waals surface area contributed by atoms with Crippen LogP contribution in [-0.4, -0.2) is 48.2 Å². The fourth-order valence-electron chi connectivity index (χ4n) is 3.67. The molecule has 5 heteroatoms. The number of rotatable bonds is 2. The van der Waals surface area contributed by atoms with Gasteiger partial charge in [-0.05, 0) is 43.5 Å². The van der Waals surface area contributed by atoms with E-state index in [1.165, 1.54) is 0 Å². The number of fused-ring (bicyclic) bond motifs is 2. The summed E-state index contributed by atoms with van der Waals surface area (Å²) in [5, 5.41) is 0.974. The molecule has 0 radical (unpaired) electrons. The van der Waals surface area contributed by atoms with Crippen molar-refractivity contribution in [3.8, 4) is 5.75 Å². The maximum atomic E-state index is 12.9. The number of ether oxygens (including phenoxy) is 2. The van der Waals surface area contributed by atoms with Crippen molar-refractivity contribution in [2.45, 2.75) is 31.4 Å². The van der Waals surface area contributed by atoms with Crippen molar-refractivity contribution in [1.29, 1.82) is 0 Å². The predicted molar refractivity (Wildman–Crippen MR) is 86.7 cm³/mol. The minimum Gasteiger partial charge on any atom is -0.497 e. The van der Waals surface area contributed by atoms with Gasteiger partial charge in [-0.25, -0.2) is 4.98 Å². The first-order chi connectivity index (χ1) is 11.3. The second kappa shape index (κ2) is 5.81. The molecule has 1 aromatic carbocycles. The smallest absolute Gasteiger partial charge is 0.272 e. The highest BCUT2D eigenvalue weighted by atomic mass is 16.5. The first-order valence-corrected chi connectivity index (χ1v) is 8.13. The molecule has 0 spiro atoms. The van der Waals surface area contributed by atoms with Gasteiger partial charge < -0.3 is 14.4 Å². The number of morpholine rings is 1. The molecule has 2 unspecified atom stereocenters. The summed E-state index contributed by atoms with van der Waals surface area (Å²) in [6.07, 6.45) is 3.42. The summed E-state index contributed by atoms with van der Waals surface area (Å²) in [5.74, 6) is 0.809. The van der Waals surface area contributed by atoms with Gasteiger partial charge in [0, 0.05) is 11.9 Å². The lowest BCUT2D eigenvalue weighted by Gasteiger charge is -2.37. The van der Waals surface area contributed by atoms with Gasteiger partial charge in [0.1, 0.15) is 11.4 Å². The summed E-state index contributed by atoms with van der Waals surface area (Å²) >= 11 is 0. The van der Waals surface area contributed by atoms with Gasteiger partial charge in [-0.1, -0.05) is 6.07 Å². The number of carbonyl (C=O) groups is 1. The topological polar surface area (TPSA) is 51.7 Å². The number of amides is 1. The molecule has 1 amide bonds. The number of hydrogen-bond donors (Lipinski definition) is 0. The number of nitrogens with zero attached hydrogens (tertiary/aromatic N) is 2. The molecule has 2 fully saturated rings. The van der Waals surface area contributed by atoms with E-state index >= 15 is 0 Å². The van der Waals surface area contributed by atoms with Crippen molar-refractivity contribution < 1.29 is 14.3 Å². The van der Waals surface area contributed by atoms with Gasteiger partial charge in [-0.3, -0.25) is 4.79 Å². The molecular weight excluding hydrogens is 292 g/mol. The van der Waals surface area contributed by atoms with E-state index in [0.717, 1.165) is 35.9 Å². The van der Waals surface area contributed by atoms with Crippen LogP contribution in [0.3, 0.4) is 0 Å². The molecule has 23 heavy (non-hydrogen) atoms. The highest BCUT2D eigenvalue weighted by Gasteiger charge is 2.38. The summed E-state index contributed by atoms with van der Waals surface area (Å²) in [6, 6.07) is 9.64. The Bertz CT molecular complexity index is 746. The first kappa shape index (κ1) is 14.5. The molecule has 2 atom stereocenters. The monoisotopic (exact) mass is 312 g/mol. The molecule has 2 aliphatic rings. The molecule has 1 saturated heterocycles. The zero-order valence-electron chi connectivity index (χ0n) is 13.2. The Kier molecular flexibility index (Phi) is 3.65. The third-order valence-corrected chi connectivity index (χ3v) is 4.86. The summed E-state index contributed by atoms with van der Waals surface area (Å²) in [4.78, 5) is 19.4. The standard InChI is InChI=1S/C18H20N2O3/c1-22-13-6-8-14-12(11-13)5-7-15(19-14)18(21)20-9-10-23-17-4-2-3-16(17)20/h5-8,11,16-17H,2-4,9-10H2,1H3. The van der Waals surface area contributed by atoms with Gasteiger partial charge in [-0.2, -0.15) is 0 Å². The van der Waals surface area contributed by atoms with Crippen LogP contribution in [0.4, 0.5) is 0 Å². The van der Waals surface area contributed by atoms with E-state index in [2.05, 4.69) is 4.98 Å². The maximum Gasteiger partial charge on any atom is 0.272 e. The summed E-state index contributed by atoms with van der Waals surface area (Å²) in [7, 11) is 1.64. The molecule has 1 aliphatic heterocycles. The van der Waals surface area contributed by atoms with Crippen molar-refractivity contribution >= 4 is 16.8 Å². The van der Waals surface area contributed by atoms with Crippen LogP contribution in [0.2, 0.25) is 0 Å². The minimum atomic E-state index is 0.0166. The van der Waals surface area contributed by atoms with E-state index in [9.17, 15) is 4.79 Å². The molecule has 4 rings (SSSR count). The average molecular weight is 312 g/mol. The quantitative estimate of drug-likeness (QED) is 0.855. The van der Waals surface area contributed by atoms with Crippen LogP contribution in [-0.2, 0) is 4.74 Å². The van der Waals surface area contributed by atoms with E-state index in [1.54, 1.807) is 7.11 Å². The summed E-state index contributed by atoms with van der Waals surface area (Å²) < 4.78 is 11.0. The summed E-state index contributed by atoms with van der Waals surface area (Å²) in [5.41, 5.74) is 1.32. The fraction of sp³-hybridized carbons (Fsp3) is 0.444. The minimum absolute atomic E-state index is 0.0166. The van der Waals surface area contributed by atoms with E-state index in [0.29, 0.717) is 18.8 Å². The van der Waals surface area contributed by atoms with E-state index in [-0.39, 0.29) is 18.1 Å². The zero-order chi connectivity index (χ0) is 15.8. The maximum absolute atomic E-state index is 12.9. The van der Waals surface area contributed by atoms with Crippen LogP contribution in [0.15, 0.2) is 30.3 Å². The van der Waals surface area contributed by atoms with Crippen molar-refractivity contribution in [1.82, 2.24) is 9.88 Å². The lowest BCUT2D eigenvalue weighted by Crippen LogP contribution is -2.51. The second-order valence-corrected chi connectivity index (χ2v) is 6.16. The normalized spacial score (nSPS) is 23.8. The van der Waals surface area contributed by atoms with E-state index in [1.807, 2.05) is 35.2 Å². The van der Waals surface area contributed by atoms with Gasteiger partial charge in [0.05, 0.1) is 31.4 Å². The third kappa shape index (κ3) is 2.55. The number of aromatic nitrogens is 1. The van der Waals surface area contributed by atoms with Crippen molar-refractivity contribution in [3.63, 3.8) is 0 Å². The first-order valence-electron chi connectivity index (χ1n) is 8.13. The van der Waals surface area contributed by atoms with E-state index in [4.69, 9.17) is 9.47 Å². The molecule has 0 N–H and O–H groups in total. The number of pyridine rings is 1. The molecule has 1 aliphatic carbocycles. The average Bonchev–Trinajstić information content (AvgIpc) is 3.08. The molecule has 5 nitrogen and oxygen atoms in total. The predicted octanol–water partition coefficient (Wildman–Crippen LogP) is 2.64. The molecule has 1 saturated carbocycles. The Labute approximate surface area is 135 Å². The molecule has 2 heterocycles. The van der Waals surface area contributed by atoms with Gasteiger partial charge in [0.2, 0.25) is 0 Å². The van der Waals surface area contributed by atoms with Crippen molar-refractivity contribution in [2.24, 2.45) is 0 Å². The Morgan fingerprint density at radius 2 is 2.22 bits per heavy atom. The highest BCUT2D eigenvalue weighted by molar-refractivity contribution is 5.95. The largest absolute Gasteiger partial charge is 0.497 e. The SMILES string of the molecule is COc1ccc2nc(C(=O)N3CCOC4CCCC43)ccc2c1. The Morgan fingerprint density at radius 3 is 3.09 bits per heavy atom. The van der Waals surface area contributed by atoms with Crippen LogP contribution >= 0.6 is 0 Å². The highest BCUT2D eigenvalue weighted by Crippen LogP contribution is 2.30. The lowest BCUT2D eigenvalue weighted by molar-refractivity contribution is -0.0447. The van der Waals surface area contributed by atoms with Crippen molar-refractivity contribution in [2.75, 3.05) is 20.3 Å². The Balaban J connectivity index is 1.64. The third-order valence-electron chi connectivity index (χ3n) is 4.86. The number of benzene rings is 1. The number of methoxy groups -OCH3 is 1. The molecule has 0 bridgehead atoms. The Morgan fingerprint density at radius 1 is 1.30 bits per heavy atom. The van der Waals surface area contributed by atoms with Crippen LogP contribution in [0.1, 0.15) is 29.8 Å².